The topological polar surface area (TPSA) is 46.8 Å². The van der Waals surface area contributed by atoms with Gasteiger partial charge in [-0.2, -0.15) is 5.10 Å². The molecule has 0 aromatic carbocycles. The lowest BCUT2D eigenvalue weighted by Crippen LogP contribution is -2.36. The summed E-state index contributed by atoms with van der Waals surface area (Å²) >= 11 is 1.86. The van der Waals surface area contributed by atoms with Crippen molar-refractivity contribution in [3.63, 3.8) is 0 Å². The van der Waals surface area contributed by atoms with Crippen LogP contribution >= 0.6 is 11.3 Å². The highest BCUT2D eigenvalue weighted by Crippen LogP contribution is 2.29. The van der Waals surface area contributed by atoms with Crippen LogP contribution < -0.4 is 0 Å². The van der Waals surface area contributed by atoms with E-state index >= 15 is 0 Å². The molecular weight excluding hydrogens is 318 g/mol. The number of thiazole rings is 1. The average molecular weight is 348 g/mol. The van der Waals surface area contributed by atoms with Gasteiger partial charge in [-0.25, -0.2) is 14.6 Å². The van der Waals surface area contributed by atoms with Gasteiger partial charge in [-0.15, -0.1) is 11.3 Å². The van der Waals surface area contributed by atoms with Crippen LogP contribution in [0.2, 0.25) is 0 Å². The summed E-state index contributed by atoms with van der Waals surface area (Å²) in [5.74, 6) is 2.55. The van der Waals surface area contributed by atoms with Gasteiger partial charge >= 0.3 is 0 Å². The van der Waals surface area contributed by atoms with Gasteiger partial charge in [0.05, 0.1) is 6.54 Å². The van der Waals surface area contributed by atoms with E-state index < -0.39 is 0 Å². The molecular formula is C18H29N5S. The summed E-state index contributed by atoms with van der Waals surface area (Å²) in [7, 11) is 0. The number of likely N-dealkylation sites (tertiary alicyclic amines) is 1. The molecule has 2 aromatic rings. The van der Waals surface area contributed by atoms with E-state index in [0.29, 0.717) is 5.92 Å². The predicted molar refractivity (Wildman–Crippen MR) is 98.3 cm³/mol. The fourth-order valence-electron chi connectivity index (χ4n) is 3.34. The molecule has 1 aliphatic heterocycles. The number of aryl methyl sites for hydroxylation is 2. The maximum atomic E-state index is 4.65. The minimum Gasteiger partial charge on any atom is -0.296 e. The molecule has 1 saturated heterocycles. The lowest BCUT2D eigenvalue weighted by Gasteiger charge is -2.32. The van der Waals surface area contributed by atoms with E-state index in [2.05, 4.69) is 51.6 Å². The fraction of sp³-hybridized carbons (Fsp3) is 0.722. The molecule has 0 N–H and O–H groups in total. The minimum atomic E-state index is 0.197. The van der Waals surface area contributed by atoms with Crippen molar-refractivity contribution >= 4 is 11.3 Å². The molecule has 1 aliphatic rings. The molecule has 132 valence electrons. The molecule has 2 aromatic heterocycles. The summed E-state index contributed by atoms with van der Waals surface area (Å²) in [6.45, 7) is 15.0. The van der Waals surface area contributed by atoms with Gasteiger partial charge in [0, 0.05) is 24.2 Å². The number of nitrogens with zero attached hydrogens (tertiary/aromatic N) is 5. The fourth-order valence-corrected chi connectivity index (χ4v) is 4.36. The van der Waals surface area contributed by atoms with Crippen LogP contribution in [0, 0.1) is 19.8 Å². The third-order valence-electron chi connectivity index (χ3n) is 4.65. The predicted octanol–water partition coefficient (Wildman–Crippen LogP) is 3.56. The Hall–Kier alpha value is -1.27. The van der Waals surface area contributed by atoms with Gasteiger partial charge in [0.2, 0.25) is 0 Å². The quantitative estimate of drug-likeness (QED) is 0.848. The Morgan fingerprint density at radius 3 is 2.71 bits per heavy atom. The van der Waals surface area contributed by atoms with Crippen LogP contribution in [0.4, 0.5) is 0 Å². The molecule has 0 aliphatic carbocycles. The normalized spacial score (nSPS) is 19.8. The second kappa shape index (κ2) is 6.92. The zero-order valence-corrected chi connectivity index (χ0v) is 16.4. The molecule has 1 atom stereocenters. The first kappa shape index (κ1) is 17.5. The first-order valence-electron chi connectivity index (χ1n) is 8.87. The Bertz CT molecular complexity index is 682. The summed E-state index contributed by atoms with van der Waals surface area (Å²) in [6, 6.07) is 0. The summed E-state index contributed by atoms with van der Waals surface area (Å²) in [5.41, 5.74) is 0.197. The SMILES string of the molecule is Cc1nc(C)n(CC2CCCN(Cc3ncc(C(C)(C)C)s3)C2)n1. The first-order chi connectivity index (χ1) is 11.3. The monoisotopic (exact) mass is 347 g/mol. The Labute approximate surface area is 149 Å². The van der Waals surface area contributed by atoms with Gasteiger partial charge in [-0.1, -0.05) is 20.8 Å². The third-order valence-corrected chi connectivity index (χ3v) is 6.06. The molecule has 0 saturated carbocycles. The van der Waals surface area contributed by atoms with Gasteiger partial charge in [-0.05, 0) is 44.6 Å². The van der Waals surface area contributed by atoms with E-state index in [9.17, 15) is 0 Å². The van der Waals surface area contributed by atoms with Crippen molar-refractivity contribution in [2.75, 3.05) is 13.1 Å². The Morgan fingerprint density at radius 1 is 1.29 bits per heavy atom. The highest BCUT2D eigenvalue weighted by atomic mass is 32.1. The number of hydrogen-bond donors (Lipinski definition) is 0. The van der Waals surface area contributed by atoms with E-state index in [1.165, 1.54) is 29.3 Å². The van der Waals surface area contributed by atoms with E-state index in [4.69, 9.17) is 0 Å². The molecule has 6 heteroatoms. The van der Waals surface area contributed by atoms with Crippen LogP contribution in [0.5, 0.6) is 0 Å². The second-order valence-corrected chi connectivity index (χ2v) is 9.12. The van der Waals surface area contributed by atoms with Crippen LogP contribution in [0.3, 0.4) is 0 Å². The summed E-state index contributed by atoms with van der Waals surface area (Å²) in [6.07, 6.45) is 4.60. The van der Waals surface area contributed by atoms with Gasteiger partial charge in [-0.3, -0.25) is 4.90 Å². The summed E-state index contributed by atoms with van der Waals surface area (Å²) < 4.78 is 2.07. The van der Waals surface area contributed by atoms with Gasteiger partial charge in [0.1, 0.15) is 16.7 Å². The number of aromatic nitrogens is 4. The molecule has 1 fully saturated rings. The van der Waals surface area contributed by atoms with Crippen LogP contribution in [0.1, 0.15) is 55.1 Å². The molecule has 24 heavy (non-hydrogen) atoms. The van der Waals surface area contributed by atoms with E-state index in [1.54, 1.807) is 0 Å². The van der Waals surface area contributed by atoms with E-state index in [1.807, 2.05) is 25.2 Å². The standard InChI is InChI=1S/C18H29N5S/c1-13-20-14(2)23(21-13)11-15-7-6-8-22(10-15)12-17-19-9-16(24-17)18(3,4)5/h9,15H,6-8,10-12H2,1-5H3. The highest BCUT2D eigenvalue weighted by Gasteiger charge is 2.23. The number of hydrogen-bond acceptors (Lipinski definition) is 5. The average Bonchev–Trinajstić information content (AvgIpc) is 3.06. The lowest BCUT2D eigenvalue weighted by molar-refractivity contribution is 0.152. The van der Waals surface area contributed by atoms with Crippen molar-refractivity contribution in [3.05, 3.63) is 27.7 Å². The van der Waals surface area contributed by atoms with Gasteiger partial charge in [0.15, 0.2) is 0 Å². The third kappa shape index (κ3) is 4.22. The Kier molecular flexibility index (Phi) is 5.06. The molecule has 5 nitrogen and oxygen atoms in total. The smallest absolute Gasteiger partial charge is 0.147 e. The van der Waals surface area contributed by atoms with Gasteiger partial charge < -0.3 is 0 Å². The summed E-state index contributed by atoms with van der Waals surface area (Å²) in [4.78, 5) is 13.0. The van der Waals surface area contributed by atoms with Gasteiger partial charge in [0.25, 0.3) is 0 Å². The molecule has 0 bridgehead atoms. The van der Waals surface area contributed by atoms with Crippen molar-refractivity contribution in [1.29, 1.82) is 0 Å². The van der Waals surface area contributed by atoms with Crippen molar-refractivity contribution in [2.45, 2.75) is 66.0 Å². The van der Waals surface area contributed by atoms with Crippen molar-refractivity contribution in [3.8, 4) is 0 Å². The highest BCUT2D eigenvalue weighted by molar-refractivity contribution is 7.11. The zero-order chi connectivity index (χ0) is 17.3. The Morgan fingerprint density at radius 2 is 2.08 bits per heavy atom. The van der Waals surface area contributed by atoms with E-state index in [0.717, 1.165) is 31.3 Å². The summed E-state index contributed by atoms with van der Waals surface area (Å²) in [5, 5.41) is 5.76. The maximum absolute atomic E-state index is 4.65. The zero-order valence-electron chi connectivity index (χ0n) is 15.5. The van der Waals surface area contributed by atoms with Crippen LogP contribution in [-0.4, -0.2) is 37.7 Å². The first-order valence-corrected chi connectivity index (χ1v) is 9.68. The number of rotatable bonds is 4. The maximum Gasteiger partial charge on any atom is 0.147 e. The molecule has 1 unspecified atom stereocenters. The van der Waals surface area contributed by atoms with Crippen LogP contribution in [0.15, 0.2) is 6.20 Å². The molecule has 0 amide bonds. The second-order valence-electron chi connectivity index (χ2n) is 8.00. The molecule has 0 radical (unpaired) electrons. The minimum absolute atomic E-state index is 0.197. The Balaban J connectivity index is 1.59. The molecule has 3 rings (SSSR count). The molecule has 3 heterocycles. The van der Waals surface area contributed by atoms with Crippen LogP contribution in [0.25, 0.3) is 0 Å². The van der Waals surface area contributed by atoms with E-state index in [-0.39, 0.29) is 5.41 Å². The van der Waals surface area contributed by atoms with Crippen LogP contribution in [-0.2, 0) is 18.5 Å². The van der Waals surface area contributed by atoms with Crippen molar-refractivity contribution in [1.82, 2.24) is 24.6 Å². The largest absolute Gasteiger partial charge is 0.296 e. The van der Waals surface area contributed by atoms with Crippen molar-refractivity contribution < 1.29 is 0 Å². The lowest BCUT2D eigenvalue weighted by atomic mass is 9.96. The van der Waals surface area contributed by atoms with Crippen molar-refractivity contribution in [2.24, 2.45) is 5.92 Å². The molecule has 0 spiro atoms. The number of piperidine rings is 1.